The third-order valence-electron chi connectivity index (χ3n) is 4.39. The van der Waals surface area contributed by atoms with Crippen molar-refractivity contribution in [2.75, 3.05) is 6.61 Å². The van der Waals surface area contributed by atoms with E-state index >= 15 is 0 Å². The Kier molecular flexibility index (Phi) is 6.32. The molecular formula is C22H24N2O. The molecule has 0 bridgehead atoms. The Hall–Kier alpha value is -2.49. The first kappa shape index (κ1) is 17.3. The van der Waals surface area contributed by atoms with Gasteiger partial charge in [-0.1, -0.05) is 60.7 Å². The van der Waals surface area contributed by atoms with E-state index in [2.05, 4.69) is 71.0 Å². The molecule has 2 atom stereocenters. The van der Waals surface area contributed by atoms with Gasteiger partial charge < -0.3 is 5.11 Å². The number of nitrogens with zero attached hydrogens (tertiary/aromatic N) is 1. The monoisotopic (exact) mass is 332 g/mol. The van der Waals surface area contributed by atoms with Gasteiger partial charge in [-0.25, -0.2) is 0 Å². The molecule has 0 aliphatic heterocycles. The highest BCUT2D eigenvalue weighted by atomic mass is 16.2. The van der Waals surface area contributed by atoms with Crippen LogP contribution < -0.4 is 5.32 Å². The van der Waals surface area contributed by atoms with Crippen LogP contribution in [0, 0.1) is 0 Å². The zero-order valence-corrected chi connectivity index (χ0v) is 14.3. The summed E-state index contributed by atoms with van der Waals surface area (Å²) in [4.78, 5) is 4.15. The summed E-state index contributed by atoms with van der Waals surface area (Å²) < 4.78 is 0. The molecule has 0 aliphatic carbocycles. The fourth-order valence-electron chi connectivity index (χ4n) is 3.11. The van der Waals surface area contributed by atoms with Gasteiger partial charge in [-0.05, 0) is 41.7 Å². The predicted molar refractivity (Wildman–Crippen MR) is 101 cm³/mol. The lowest BCUT2D eigenvalue weighted by molar-refractivity contribution is 0.273. The standard InChI is InChI=1S/C22H24N2O/c25-17-7-12-21(18-8-3-1-4-9-18)24-22(19-10-5-2-6-11-19)20-13-15-23-16-14-20/h1-6,8-11,13-16,21-22,24-25H,7,12,17H2. The highest BCUT2D eigenvalue weighted by Gasteiger charge is 2.19. The maximum atomic E-state index is 9.29. The summed E-state index contributed by atoms with van der Waals surface area (Å²) in [5.41, 5.74) is 3.65. The van der Waals surface area contributed by atoms with Gasteiger partial charge in [-0.15, -0.1) is 0 Å². The van der Waals surface area contributed by atoms with Crippen molar-refractivity contribution >= 4 is 0 Å². The molecule has 3 heteroatoms. The molecule has 0 saturated heterocycles. The second-order valence-corrected chi connectivity index (χ2v) is 6.12. The third kappa shape index (κ3) is 4.75. The van der Waals surface area contributed by atoms with Gasteiger partial charge in [0.05, 0.1) is 6.04 Å². The quantitative estimate of drug-likeness (QED) is 0.647. The van der Waals surface area contributed by atoms with Crippen molar-refractivity contribution in [1.82, 2.24) is 10.3 Å². The molecule has 2 unspecified atom stereocenters. The fourth-order valence-corrected chi connectivity index (χ4v) is 3.11. The second kappa shape index (κ2) is 9.11. The number of aromatic nitrogens is 1. The van der Waals surface area contributed by atoms with Crippen LogP contribution >= 0.6 is 0 Å². The van der Waals surface area contributed by atoms with Gasteiger partial charge in [0.2, 0.25) is 0 Å². The largest absolute Gasteiger partial charge is 0.396 e. The summed E-state index contributed by atoms with van der Waals surface area (Å²) in [6, 6.07) is 25.3. The minimum Gasteiger partial charge on any atom is -0.396 e. The van der Waals surface area contributed by atoms with Crippen LogP contribution in [-0.4, -0.2) is 16.7 Å². The lowest BCUT2D eigenvalue weighted by Crippen LogP contribution is -2.27. The van der Waals surface area contributed by atoms with Gasteiger partial charge in [-0.2, -0.15) is 0 Å². The lowest BCUT2D eigenvalue weighted by atomic mass is 9.95. The van der Waals surface area contributed by atoms with Crippen LogP contribution in [0.25, 0.3) is 0 Å². The van der Waals surface area contributed by atoms with Crippen molar-refractivity contribution in [2.45, 2.75) is 24.9 Å². The van der Waals surface area contributed by atoms with E-state index < -0.39 is 0 Å². The Balaban J connectivity index is 1.91. The zero-order valence-electron chi connectivity index (χ0n) is 14.3. The molecule has 0 radical (unpaired) electrons. The lowest BCUT2D eigenvalue weighted by Gasteiger charge is -2.27. The van der Waals surface area contributed by atoms with E-state index in [1.807, 2.05) is 24.5 Å². The average molecular weight is 332 g/mol. The van der Waals surface area contributed by atoms with Crippen LogP contribution in [0.15, 0.2) is 85.2 Å². The van der Waals surface area contributed by atoms with Gasteiger partial charge in [0.15, 0.2) is 0 Å². The van der Waals surface area contributed by atoms with Crippen molar-refractivity contribution in [3.8, 4) is 0 Å². The zero-order chi connectivity index (χ0) is 17.3. The smallest absolute Gasteiger partial charge is 0.0582 e. The second-order valence-electron chi connectivity index (χ2n) is 6.12. The molecule has 2 N–H and O–H groups in total. The Morgan fingerprint density at radius 3 is 1.92 bits per heavy atom. The average Bonchev–Trinajstić information content (AvgIpc) is 2.70. The summed E-state index contributed by atoms with van der Waals surface area (Å²) in [6.45, 7) is 0.205. The summed E-state index contributed by atoms with van der Waals surface area (Å²) in [7, 11) is 0. The number of benzene rings is 2. The molecule has 1 heterocycles. The highest BCUT2D eigenvalue weighted by molar-refractivity contribution is 5.31. The number of hydrogen-bond acceptors (Lipinski definition) is 3. The molecule has 0 amide bonds. The Labute approximate surface area is 149 Å². The topological polar surface area (TPSA) is 45.1 Å². The summed E-state index contributed by atoms with van der Waals surface area (Å²) in [5.74, 6) is 0. The number of nitrogens with one attached hydrogen (secondary N) is 1. The van der Waals surface area contributed by atoms with Crippen molar-refractivity contribution in [1.29, 1.82) is 0 Å². The first-order chi connectivity index (χ1) is 12.4. The van der Waals surface area contributed by atoms with Gasteiger partial charge in [-0.3, -0.25) is 10.3 Å². The number of pyridine rings is 1. The van der Waals surface area contributed by atoms with Crippen LogP contribution in [0.4, 0.5) is 0 Å². The Morgan fingerprint density at radius 1 is 0.760 bits per heavy atom. The van der Waals surface area contributed by atoms with E-state index in [1.54, 1.807) is 0 Å². The summed E-state index contributed by atoms with van der Waals surface area (Å²) in [6.07, 6.45) is 5.32. The summed E-state index contributed by atoms with van der Waals surface area (Å²) in [5, 5.41) is 13.1. The third-order valence-corrected chi connectivity index (χ3v) is 4.39. The highest BCUT2D eigenvalue weighted by Crippen LogP contribution is 2.28. The number of hydrogen-bond donors (Lipinski definition) is 2. The molecule has 0 aliphatic rings. The van der Waals surface area contributed by atoms with Crippen molar-refractivity contribution in [3.63, 3.8) is 0 Å². The van der Waals surface area contributed by atoms with Gasteiger partial charge in [0.1, 0.15) is 0 Å². The molecule has 1 aromatic heterocycles. The molecule has 0 spiro atoms. The minimum absolute atomic E-state index is 0.0769. The fraction of sp³-hybridized carbons (Fsp3) is 0.227. The Morgan fingerprint density at radius 2 is 1.32 bits per heavy atom. The number of aliphatic hydroxyl groups is 1. The van der Waals surface area contributed by atoms with Gasteiger partial charge in [0.25, 0.3) is 0 Å². The molecule has 25 heavy (non-hydrogen) atoms. The van der Waals surface area contributed by atoms with Crippen molar-refractivity contribution in [2.24, 2.45) is 0 Å². The van der Waals surface area contributed by atoms with E-state index in [0.29, 0.717) is 0 Å². The van der Waals surface area contributed by atoms with E-state index in [1.165, 1.54) is 16.7 Å². The molecule has 128 valence electrons. The maximum Gasteiger partial charge on any atom is 0.0582 e. The Bertz CT molecular complexity index is 692. The normalized spacial score (nSPS) is 13.3. The van der Waals surface area contributed by atoms with Gasteiger partial charge >= 0.3 is 0 Å². The van der Waals surface area contributed by atoms with Crippen LogP contribution in [0.3, 0.4) is 0 Å². The summed E-state index contributed by atoms with van der Waals surface area (Å²) >= 11 is 0. The van der Waals surface area contributed by atoms with E-state index in [9.17, 15) is 5.11 Å². The molecule has 0 saturated carbocycles. The minimum atomic E-state index is 0.0769. The van der Waals surface area contributed by atoms with E-state index in [4.69, 9.17) is 0 Å². The first-order valence-electron chi connectivity index (χ1n) is 8.75. The van der Waals surface area contributed by atoms with Crippen LogP contribution in [0.2, 0.25) is 0 Å². The maximum absolute atomic E-state index is 9.29. The molecule has 3 rings (SSSR count). The molecule has 2 aromatic carbocycles. The van der Waals surface area contributed by atoms with Crippen LogP contribution in [0.5, 0.6) is 0 Å². The van der Waals surface area contributed by atoms with E-state index in [0.717, 1.165) is 12.8 Å². The van der Waals surface area contributed by atoms with E-state index in [-0.39, 0.29) is 18.7 Å². The van der Waals surface area contributed by atoms with Crippen LogP contribution in [-0.2, 0) is 0 Å². The molecular weight excluding hydrogens is 308 g/mol. The number of rotatable bonds is 8. The van der Waals surface area contributed by atoms with Crippen molar-refractivity contribution in [3.05, 3.63) is 102 Å². The molecule has 0 fully saturated rings. The van der Waals surface area contributed by atoms with Gasteiger partial charge in [0, 0.05) is 25.0 Å². The molecule has 3 aromatic rings. The molecule has 3 nitrogen and oxygen atoms in total. The predicted octanol–water partition coefficient (Wildman–Crippen LogP) is 4.27. The number of aliphatic hydroxyl groups excluding tert-OH is 1. The SMILES string of the molecule is OCCCC(NC(c1ccccc1)c1ccncc1)c1ccccc1. The van der Waals surface area contributed by atoms with Crippen molar-refractivity contribution < 1.29 is 5.11 Å². The van der Waals surface area contributed by atoms with Crippen LogP contribution in [0.1, 0.15) is 41.6 Å². The first-order valence-corrected chi connectivity index (χ1v) is 8.75.